The average molecular weight is 670 g/mol. The van der Waals surface area contributed by atoms with Gasteiger partial charge >= 0.3 is 6.09 Å². The standard InChI is InChI=1S/C34H41BrN2O7/c1-34(2,3)44-33(41)36-27(18-21-12-14-24(35)15-13-21)28(38)19-23(16-22-8-7-9-25(17-22)42-4)32(40)37-31-26-10-5-6-11-30(26)43-20-29(31)39/h5-15,17,23,27-29,31,38-39H,16,18-20H2,1-4H3,(H,36,41)(H,37,40)/t23-,27+,28+,29-,31+/m1/s1. The van der Waals surface area contributed by atoms with Crippen LogP contribution < -0.4 is 20.1 Å². The summed E-state index contributed by atoms with van der Waals surface area (Å²) in [5.41, 5.74) is 1.69. The minimum atomic E-state index is -1.11. The number of carbonyl (C=O) groups is 2. The van der Waals surface area contributed by atoms with E-state index in [1.165, 1.54) is 0 Å². The van der Waals surface area contributed by atoms with Gasteiger partial charge in [0.05, 0.1) is 25.3 Å². The first kappa shape index (κ1) is 33.3. The van der Waals surface area contributed by atoms with Gasteiger partial charge < -0.3 is 35.1 Å². The molecule has 0 saturated heterocycles. The Labute approximate surface area is 267 Å². The highest BCUT2D eigenvalue weighted by atomic mass is 79.9. The van der Waals surface area contributed by atoms with Crippen LogP contribution in [0.2, 0.25) is 0 Å². The van der Waals surface area contributed by atoms with E-state index in [0.29, 0.717) is 29.9 Å². The van der Waals surface area contributed by atoms with Gasteiger partial charge in [-0.1, -0.05) is 58.4 Å². The second-order valence-corrected chi connectivity index (χ2v) is 13.0. The summed E-state index contributed by atoms with van der Waals surface area (Å²) >= 11 is 3.44. The van der Waals surface area contributed by atoms with Crippen LogP contribution >= 0.6 is 15.9 Å². The molecule has 0 radical (unpaired) electrons. The van der Waals surface area contributed by atoms with Crippen molar-refractivity contribution in [3.05, 3.63) is 94.0 Å². The van der Waals surface area contributed by atoms with E-state index in [1.807, 2.05) is 66.7 Å². The van der Waals surface area contributed by atoms with E-state index in [9.17, 15) is 19.8 Å². The molecule has 5 atom stereocenters. The van der Waals surface area contributed by atoms with Crippen LogP contribution in [0, 0.1) is 5.92 Å². The van der Waals surface area contributed by atoms with Crippen LogP contribution in [0.15, 0.2) is 77.3 Å². The van der Waals surface area contributed by atoms with Crippen molar-refractivity contribution >= 4 is 27.9 Å². The molecule has 4 N–H and O–H groups in total. The minimum Gasteiger partial charge on any atom is -0.497 e. The first-order valence-corrected chi connectivity index (χ1v) is 15.5. The number of para-hydroxylation sites is 1. The molecule has 0 bridgehead atoms. The first-order chi connectivity index (χ1) is 20.9. The highest BCUT2D eigenvalue weighted by Gasteiger charge is 2.35. The third-order valence-electron chi connectivity index (χ3n) is 7.39. The van der Waals surface area contributed by atoms with Crippen molar-refractivity contribution in [3.63, 3.8) is 0 Å². The van der Waals surface area contributed by atoms with Gasteiger partial charge in [-0.15, -0.1) is 0 Å². The molecule has 1 aliphatic heterocycles. The summed E-state index contributed by atoms with van der Waals surface area (Å²) < 4.78 is 17.4. The van der Waals surface area contributed by atoms with E-state index >= 15 is 0 Å². The number of benzene rings is 3. The van der Waals surface area contributed by atoms with Crippen molar-refractivity contribution in [3.8, 4) is 11.5 Å². The predicted molar refractivity (Wildman–Crippen MR) is 171 cm³/mol. The van der Waals surface area contributed by atoms with Crippen molar-refractivity contribution in [2.24, 2.45) is 5.92 Å². The zero-order chi connectivity index (χ0) is 31.9. The van der Waals surface area contributed by atoms with Crippen LogP contribution in [0.25, 0.3) is 0 Å². The molecule has 10 heteroatoms. The number of hydrogen-bond acceptors (Lipinski definition) is 7. The zero-order valence-electron chi connectivity index (χ0n) is 25.5. The maximum Gasteiger partial charge on any atom is 0.407 e. The molecule has 0 aromatic heterocycles. The molecule has 0 unspecified atom stereocenters. The second kappa shape index (κ2) is 14.9. The Morgan fingerprint density at radius 2 is 1.75 bits per heavy atom. The van der Waals surface area contributed by atoms with Crippen molar-refractivity contribution in [2.45, 2.75) is 69.9 Å². The van der Waals surface area contributed by atoms with Gasteiger partial charge in [0.1, 0.15) is 29.8 Å². The number of ether oxygens (including phenoxy) is 3. The van der Waals surface area contributed by atoms with Crippen molar-refractivity contribution < 1.29 is 34.0 Å². The van der Waals surface area contributed by atoms with Gasteiger partial charge in [-0.2, -0.15) is 0 Å². The molecule has 236 valence electrons. The van der Waals surface area contributed by atoms with Gasteiger partial charge in [0.25, 0.3) is 0 Å². The van der Waals surface area contributed by atoms with Gasteiger partial charge in [-0.05, 0) is 81.5 Å². The SMILES string of the molecule is COc1cccc(C[C@H](C[C@H](O)[C@H](Cc2ccc(Br)cc2)NC(=O)OC(C)(C)C)C(=O)N[C@H]2c3ccccc3OC[C@H]2O)c1. The number of alkyl carbamates (subject to hydrolysis) is 1. The van der Waals surface area contributed by atoms with E-state index in [1.54, 1.807) is 33.9 Å². The number of amides is 2. The van der Waals surface area contributed by atoms with Crippen LogP contribution in [0.3, 0.4) is 0 Å². The number of carbonyl (C=O) groups excluding carboxylic acids is 2. The quantitative estimate of drug-likeness (QED) is 0.224. The largest absolute Gasteiger partial charge is 0.497 e. The second-order valence-electron chi connectivity index (χ2n) is 12.0. The van der Waals surface area contributed by atoms with Gasteiger partial charge in [0, 0.05) is 16.0 Å². The highest BCUT2D eigenvalue weighted by molar-refractivity contribution is 9.10. The molecule has 44 heavy (non-hydrogen) atoms. The fourth-order valence-electron chi connectivity index (χ4n) is 5.23. The number of hydrogen-bond donors (Lipinski definition) is 4. The van der Waals surface area contributed by atoms with Gasteiger partial charge in [0.2, 0.25) is 5.91 Å². The number of aliphatic hydroxyl groups excluding tert-OH is 2. The number of fused-ring (bicyclic) bond motifs is 1. The Hall–Kier alpha value is -3.60. The topological polar surface area (TPSA) is 126 Å². The molecule has 1 heterocycles. The molecule has 0 fully saturated rings. The van der Waals surface area contributed by atoms with E-state index in [0.717, 1.165) is 15.6 Å². The lowest BCUT2D eigenvalue weighted by molar-refractivity contribution is -0.128. The molecule has 0 saturated carbocycles. The Balaban J connectivity index is 1.60. The van der Waals surface area contributed by atoms with E-state index in [-0.39, 0.29) is 18.9 Å². The lowest BCUT2D eigenvalue weighted by Gasteiger charge is -2.33. The van der Waals surface area contributed by atoms with Crippen LogP contribution in [0.5, 0.6) is 11.5 Å². The summed E-state index contributed by atoms with van der Waals surface area (Å²) in [7, 11) is 1.58. The number of aliphatic hydroxyl groups is 2. The number of nitrogens with one attached hydrogen (secondary N) is 2. The van der Waals surface area contributed by atoms with Crippen LogP contribution in [-0.4, -0.2) is 59.8 Å². The Bertz CT molecular complexity index is 1410. The molecule has 4 rings (SSSR count). The summed E-state index contributed by atoms with van der Waals surface area (Å²) in [6.45, 7) is 5.35. The van der Waals surface area contributed by atoms with Crippen molar-refractivity contribution in [1.82, 2.24) is 10.6 Å². The summed E-state index contributed by atoms with van der Waals surface area (Å²) in [6.07, 6.45) is -2.09. The van der Waals surface area contributed by atoms with Gasteiger partial charge in [0.15, 0.2) is 0 Å². The van der Waals surface area contributed by atoms with Crippen LogP contribution in [0.1, 0.15) is 49.9 Å². The number of methoxy groups -OCH3 is 1. The lowest BCUT2D eigenvalue weighted by Crippen LogP contribution is -2.49. The maximum atomic E-state index is 14.0. The van der Waals surface area contributed by atoms with E-state index in [2.05, 4.69) is 26.6 Å². The Kier molecular flexibility index (Phi) is 11.3. The molecule has 0 aliphatic carbocycles. The predicted octanol–water partition coefficient (Wildman–Crippen LogP) is 5.11. The summed E-state index contributed by atoms with van der Waals surface area (Å²) in [5, 5.41) is 28.3. The number of halogens is 1. The third kappa shape index (κ3) is 9.45. The molecule has 1 aliphatic rings. The normalized spacial score (nSPS) is 18.2. The van der Waals surface area contributed by atoms with Crippen LogP contribution in [-0.2, 0) is 22.4 Å². The zero-order valence-corrected chi connectivity index (χ0v) is 27.0. The monoisotopic (exact) mass is 668 g/mol. The van der Waals surface area contributed by atoms with Crippen LogP contribution in [0.4, 0.5) is 4.79 Å². The summed E-state index contributed by atoms with van der Waals surface area (Å²) in [4.78, 5) is 26.8. The van der Waals surface area contributed by atoms with E-state index in [4.69, 9.17) is 14.2 Å². The molecule has 3 aromatic rings. The minimum absolute atomic E-state index is 0.0288. The summed E-state index contributed by atoms with van der Waals surface area (Å²) in [5.74, 6) is 0.193. The highest BCUT2D eigenvalue weighted by Crippen LogP contribution is 2.33. The molecular weight excluding hydrogens is 628 g/mol. The lowest BCUT2D eigenvalue weighted by atomic mass is 9.88. The first-order valence-electron chi connectivity index (χ1n) is 14.7. The van der Waals surface area contributed by atoms with Crippen molar-refractivity contribution in [1.29, 1.82) is 0 Å². The average Bonchev–Trinajstić information content (AvgIpc) is 2.98. The molecule has 9 nitrogen and oxygen atoms in total. The molecule has 2 amide bonds. The maximum absolute atomic E-state index is 14.0. The fourth-order valence-corrected chi connectivity index (χ4v) is 5.50. The number of rotatable bonds is 11. The van der Waals surface area contributed by atoms with Gasteiger partial charge in [-0.3, -0.25) is 4.79 Å². The van der Waals surface area contributed by atoms with Gasteiger partial charge in [-0.25, -0.2) is 4.79 Å². The Morgan fingerprint density at radius 3 is 2.45 bits per heavy atom. The third-order valence-corrected chi connectivity index (χ3v) is 7.92. The van der Waals surface area contributed by atoms with E-state index < -0.39 is 41.9 Å². The fraction of sp³-hybridized carbons (Fsp3) is 0.412. The molecule has 3 aromatic carbocycles. The Morgan fingerprint density at radius 1 is 1.02 bits per heavy atom. The molecule has 0 spiro atoms. The molecular formula is C34H41BrN2O7. The smallest absolute Gasteiger partial charge is 0.407 e. The summed E-state index contributed by atoms with van der Waals surface area (Å²) in [6, 6.07) is 20.8. The van der Waals surface area contributed by atoms with Crippen molar-refractivity contribution in [2.75, 3.05) is 13.7 Å².